The molecule has 0 radical (unpaired) electrons. The Balaban J connectivity index is 2.29. The Morgan fingerprint density at radius 3 is 2.79 bits per heavy atom. The standard InChI is InChI=1S/C9H18N2O3/c1-7(10-8(12)13)5-11-4-3-9(2,14)6-11/h7,10,14H,3-6H2,1-2H3,(H,12,13)/t7-,9-/m0/s1. The molecule has 0 aromatic rings. The van der Waals surface area contributed by atoms with Gasteiger partial charge in [0.05, 0.1) is 5.60 Å². The normalized spacial score (nSPS) is 30.2. The fourth-order valence-corrected chi connectivity index (χ4v) is 1.84. The van der Waals surface area contributed by atoms with Crippen molar-refractivity contribution in [1.29, 1.82) is 0 Å². The smallest absolute Gasteiger partial charge is 0.404 e. The number of carbonyl (C=O) groups is 1. The molecule has 1 saturated heterocycles. The average molecular weight is 202 g/mol. The van der Waals surface area contributed by atoms with Crippen molar-refractivity contribution in [3.63, 3.8) is 0 Å². The van der Waals surface area contributed by atoms with Crippen LogP contribution in [0.4, 0.5) is 4.79 Å². The lowest BCUT2D eigenvalue weighted by molar-refractivity contribution is 0.0679. The Kier molecular flexibility index (Phi) is 3.34. The molecule has 1 fully saturated rings. The van der Waals surface area contributed by atoms with Gasteiger partial charge in [-0.1, -0.05) is 0 Å². The van der Waals surface area contributed by atoms with Gasteiger partial charge in [0.2, 0.25) is 0 Å². The number of nitrogens with zero attached hydrogens (tertiary/aromatic N) is 1. The number of carboxylic acid groups (broad SMARTS) is 1. The van der Waals surface area contributed by atoms with E-state index in [1.165, 1.54) is 0 Å². The van der Waals surface area contributed by atoms with E-state index in [1.807, 2.05) is 13.8 Å². The second-order valence-electron chi connectivity index (χ2n) is 4.33. The lowest BCUT2D eigenvalue weighted by Crippen LogP contribution is -2.41. The van der Waals surface area contributed by atoms with Gasteiger partial charge in [-0.15, -0.1) is 0 Å². The van der Waals surface area contributed by atoms with Crippen LogP contribution in [0, 0.1) is 0 Å². The Morgan fingerprint density at radius 1 is 1.71 bits per heavy atom. The number of hydrogen-bond donors (Lipinski definition) is 3. The molecule has 1 rings (SSSR count). The Morgan fingerprint density at radius 2 is 2.36 bits per heavy atom. The van der Waals surface area contributed by atoms with Crippen LogP contribution in [0.1, 0.15) is 20.3 Å². The van der Waals surface area contributed by atoms with Gasteiger partial charge in [-0.3, -0.25) is 4.90 Å². The van der Waals surface area contributed by atoms with Gasteiger partial charge in [-0.2, -0.15) is 0 Å². The second kappa shape index (κ2) is 4.14. The third-order valence-corrected chi connectivity index (χ3v) is 2.43. The maximum Gasteiger partial charge on any atom is 0.404 e. The van der Waals surface area contributed by atoms with Crippen LogP contribution in [0.5, 0.6) is 0 Å². The van der Waals surface area contributed by atoms with Crippen LogP contribution < -0.4 is 5.32 Å². The maximum absolute atomic E-state index is 10.3. The molecule has 1 amide bonds. The maximum atomic E-state index is 10.3. The zero-order chi connectivity index (χ0) is 10.8. The van der Waals surface area contributed by atoms with E-state index in [0.29, 0.717) is 13.1 Å². The van der Waals surface area contributed by atoms with Crippen molar-refractivity contribution >= 4 is 6.09 Å². The molecule has 0 aromatic carbocycles. The molecule has 1 aliphatic heterocycles. The Bertz CT molecular complexity index is 218. The van der Waals surface area contributed by atoms with Gasteiger partial charge in [0, 0.05) is 25.7 Å². The van der Waals surface area contributed by atoms with Crippen molar-refractivity contribution in [2.75, 3.05) is 19.6 Å². The van der Waals surface area contributed by atoms with E-state index in [0.717, 1.165) is 13.0 Å². The number of nitrogens with one attached hydrogen (secondary N) is 1. The molecular weight excluding hydrogens is 184 g/mol. The highest BCUT2D eigenvalue weighted by molar-refractivity contribution is 5.64. The molecule has 1 aliphatic rings. The van der Waals surface area contributed by atoms with Crippen molar-refractivity contribution in [1.82, 2.24) is 10.2 Å². The summed E-state index contributed by atoms with van der Waals surface area (Å²) in [6, 6.07) is -0.0959. The third kappa shape index (κ3) is 3.51. The molecule has 1 heterocycles. The van der Waals surface area contributed by atoms with E-state index in [1.54, 1.807) is 0 Å². The molecule has 0 unspecified atom stereocenters. The summed E-state index contributed by atoms with van der Waals surface area (Å²) in [5, 5.41) is 20.6. The molecule has 82 valence electrons. The summed E-state index contributed by atoms with van der Waals surface area (Å²) in [5.74, 6) is 0. The van der Waals surface area contributed by atoms with Gasteiger partial charge < -0.3 is 15.5 Å². The minimum absolute atomic E-state index is 0.0959. The zero-order valence-corrected chi connectivity index (χ0v) is 8.66. The van der Waals surface area contributed by atoms with E-state index in [2.05, 4.69) is 10.2 Å². The van der Waals surface area contributed by atoms with Crippen molar-refractivity contribution in [3.05, 3.63) is 0 Å². The predicted octanol–water partition coefficient (Wildman–Crippen LogP) is 0.0992. The van der Waals surface area contributed by atoms with E-state index in [9.17, 15) is 9.90 Å². The number of likely N-dealkylation sites (tertiary alicyclic amines) is 1. The summed E-state index contributed by atoms with van der Waals surface area (Å²) in [4.78, 5) is 12.4. The Labute approximate surface area is 83.7 Å². The minimum Gasteiger partial charge on any atom is -0.465 e. The molecular formula is C9H18N2O3. The summed E-state index contributed by atoms with van der Waals surface area (Å²) < 4.78 is 0. The van der Waals surface area contributed by atoms with Crippen LogP contribution in [0.3, 0.4) is 0 Å². The summed E-state index contributed by atoms with van der Waals surface area (Å²) in [5.41, 5.74) is -0.608. The molecule has 3 N–H and O–H groups in total. The quantitative estimate of drug-likeness (QED) is 0.607. The molecule has 5 nitrogen and oxygen atoms in total. The summed E-state index contributed by atoms with van der Waals surface area (Å²) in [6.45, 7) is 5.74. The van der Waals surface area contributed by atoms with Crippen LogP contribution in [0.15, 0.2) is 0 Å². The fraction of sp³-hybridized carbons (Fsp3) is 0.889. The molecule has 0 saturated carbocycles. The predicted molar refractivity (Wildman–Crippen MR) is 52.3 cm³/mol. The van der Waals surface area contributed by atoms with E-state index in [-0.39, 0.29) is 6.04 Å². The highest BCUT2D eigenvalue weighted by atomic mass is 16.4. The van der Waals surface area contributed by atoms with Crippen LogP contribution in [-0.4, -0.2) is 52.5 Å². The third-order valence-electron chi connectivity index (χ3n) is 2.43. The highest BCUT2D eigenvalue weighted by Gasteiger charge is 2.31. The number of rotatable bonds is 3. The molecule has 2 atom stereocenters. The van der Waals surface area contributed by atoms with Crippen LogP contribution in [0.2, 0.25) is 0 Å². The summed E-state index contributed by atoms with van der Waals surface area (Å²) in [6.07, 6.45) is -0.240. The van der Waals surface area contributed by atoms with Gasteiger partial charge in [0.1, 0.15) is 0 Å². The van der Waals surface area contributed by atoms with Crippen LogP contribution >= 0.6 is 0 Å². The lowest BCUT2D eigenvalue weighted by atomic mass is 10.1. The number of amides is 1. The van der Waals surface area contributed by atoms with Crippen molar-refractivity contribution in [2.24, 2.45) is 0 Å². The first-order chi connectivity index (χ1) is 6.39. The van der Waals surface area contributed by atoms with Gasteiger partial charge in [0.15, 0.2) is 0 Å². The number of aliphatic hydroxyl groups is 1. The molecule has 5 heteroatoms. The first-order valence-electron chi connectivity index (χ1n) is 4.83. The minimum atomic E-state index is -0.997. The fourth-order valence-electron chi connectivity index (χ4n) is 1.84. The number of hydrogen-bond acceptors (Lipinski definition) is 3. The average Bonchev–Trinajstić information content (AvgIpc) is 2.27. The van der Waals surface area contributed by atoms with Gasteiger partial charge in [-0.05, 0) is 20.3 Å². The molecule has 0 spiro atoms. The topological polar surface area (TPSA) is 72.8 Å². The van der Waals surface area contributed by atoms with E-state index < -0.39 is 11.7 Å². The first kappa shape index (κ1) is 11.3. The highest BCUT2D eigenvalue weighted by Crippen LogP contribution is 2.19. The molecule has 14 heavy (non-hydrogen) atoms. The molecule has 0 aromatic heterocycles. The second-order valence-corrected chi connectivity index (χ2v) is 4.33. The first-order valence-corrected chi connectivity index (χ1v) is 4.83. The van der Waals surface area contributed by atoms with E-state index >= 15 is 0 Å². The lowest BCUT2D eigenvalue weighted by Gasteiger charge is -2.22. The molecule has 0 bridgehead atoms. The van der Waals surface area contributed by atoms with Crippen molar-refractivity contribution in [3.8, 4) is 0 Å². The largest absolute Gasteiger partial charge is 0.465 e. The van der Waals surface area contributed by atoms with Crippen LogP contribution in [0.25, 0.3) is 0 Å². The summed E-state index contributed by atoms with van der Waals surface area (Å²) in [7, 11) is 0. The van der Waals surface area contributed by atoms with E-state index in [4.69, 9.17) is 5.11 Å². The molecule has 0 aliphatic carbocycles. The van der Waals surface area contributed by atoms with Gasteiger partial charge in [-0.25, -0.2) is 4.79 Å². The monoisotopic (exact) mass is 202 g/mol. The van der Waals surface area contributed by atoms with Gasteiger partial charge >= 0.3 is 6.09 Å². The Hall–Kier alpha value is -0.810. The van der Waals surface area contributed by atoms with Crippen molar-refractivity contribution in [2.45, 2.75) is 31.9 Å². The SMILES string of the molecule is C[C@@H](CN1CC[C@](C)(O)C1)NC(=O)O. The zero-order valence-electron chi connectivity index (χ0n) is 8.66. The number of β-amino-alcohol motifs (C(OH)–C–C–N with tert-alkyl or cyclic N) is 1. The van der Waals surface area contributed by atoms with Crippen LogP contribution in [-0.2, 0) is 0 Å². The van der Waals surface area contributed by atoms with Crippen molar-refractivity contribution < 1.29 is 15.0 Å². The summed E-state index contributed by atoms with van der Waals surface area (Å²) >= 11 is 0. The van der Waals surface area contributed by atoms with Gasteiger partial charge in [0.25, 0.3) is 0 Å².